The fourth-order valence-electron chi connectivity index (χ4n) is 5.80. The van der Waals surface area contributed by atoms with Crippen molar-refractivity contribution in [3.8, 4) is 0 Å². The number of nitrogens with zero attached hydrogens (tertiary/aromatic N) is 2. The molecule has 5 rings (SSSR count). The van der Waals surface area contributed by atoms with Crippen LogP contribution in [0.25, 0.3) is 11.1 Å². The van der Waals surface area contributed by atoms with Crippen molar-refractivity contribution in [3.63, 3.8) is 0 Å². The molecule has 9 heteroatoms. The summed E-state index contributed by atoms with van der Waals surface area (Å²) in [4.78, 5) is 17.8. The summed E-state index contributed by atoms with van der Waals surface area (Å²) in [7, 11) is 0. The highest BCUT2D eigenvalue weighted by Crippen LogP contribution is 2.43. The van der Waals surface area contributed by atoms with Crippen LogP contribution in [0.3, 0.4) is 0 Å². The summed E-state index contributed by atoms with van der Waals surface area (Å²) in [6, 6.07) is 12.8. The minimum absolute atomic E-state index is 0.105. The van der Waals surface area contributed by atoms with E-state index in [0.29, 0.717) is 53.5 Å². The van der Waals surface area contributed by atoms with E-state index in [4.69, 9.17) is 0 Å². The van der Waals surface area contributed by atoms with Crippen molar-refractivity contribution in [2.24, 2.45) is 5.92 Å². The number of rotatable bonds is 8. The van der Waals surface area contributed by atoms with E-state index in [2.05, 4.69) is 9.88 Å². The van der Waals surface area contributed by atoms with Gasteiger partial charge >= 0.3 is 12.1 Å². The lowest BCUT2D eigenvalue weighted by atomic mass is 9.86. The van der Waals surface area contributed by atoms with Crippen molar-refractivity contribution in [3.05, 3.63) is 99.6 Å². The maximum atomic E-state index is 14.0. The molecule has 0 spiro atoms. The minimum atomic E-state index is -4.81. The predicted molar refractivity (Wildman–Crippen MR) is 142 cm³/mol. The van der Waals surface area contributed by atoms with Gasteiger partial charge in [-0.2, -0.15) is 13.2 Å². The Bertz CT molecular complexity index is 1430. The Kier molecular flexibility index (Phi) is 8.03. The van der Waals surface area contributed by atoms with Gasteiger partial charge in [-0.05, 0) is 89.6 Å². The van der Waals surface area contributed by atoms with Crippen LogP contribution in [0.15, 0.2) is 54.7 Å². The van der Waals surface area contributed by atoms with E-state index in [0.717, 1.165) is 43.4 Å². The van der Waals surface area contributed by atoms with Gasteiger partial charge in [0, 0.05) is 19.6 Å². The molecule has 3 aromatic rings. The van der Waals surface area contributed by atoms with Crippen LogP contribution in [0.2, 0.25) is 0 Å². The molecule has 2 aliphatic rings. The monoisotopic (exact) mass is 556 g/mol. The summed E-state index contributed by atoms with van der Waals surface area (Å²) in [5.74, 6) is -1.69. The van der Waals surface area contributed by atoms with Crippen LogP contribution in [0, 0.1) is 11.7 Å². The van der Waals surface area contributed by atoms with Crippen molar-refractivity contribution in [1.29, 1.82) is 0 Å². The number of allylic oxidation sites excluding steroid dienone is 1. The van der Waals surface area contributed by atoms with Gasteiger partial charge in [-0.1, -0.05) is 30.3 Å². The number of carboxylic acids is 1. The van der Waals surface area contributed by atoms with E-state index in [1.54, 1.807) is 12.1 Å². The van der Waals surface area contributed by atoms with Crippen molar-refractivity contribution in [2.75, 3.05) is 26.3 Å². The Morgan fingerprint density at radius 3 is 2.48 bits per heavy atom. The SMILES string of the molecule is O=C(O)c1ccc2c(c1)CCCC(c1ncc(F)cc1C(F)(F)F)=C2c1ccc(CC2CN(CCCF)C2)cc1. The first-order valence-electron chi connectivity index (χ1n) is 13.3. The number of carboxylic acid groups (broad SMARTS) is 1. The average Bonchev–Trinajstić information content (AvgIpc) is 3.09. The first-order valence-corrected chi connectivity index (χ1v) is 13.3. The van der Waals surface area contributed by atoms with Crippen LogP contribution in [-0.4, -0.2) is 47.3 Å². The lowest BCUT2D eigenvalue weighted by Crippen LogP contribution is -2.47. The maximum absolute atomic E-state index is 14.0. The van der Waals surface area contributed by atoms with Gasteiger partial charge in [0.15, 0.2) is 0 Å². The molecule has 2 heterocycles. The fraction of sp³-hybridized carbons (Fsp3) is 0.355. The summed E-state index contributed by atoms with van der Waals surface area (Å²) in [6.45, 7) is 2.25. The van der Waals surface area contributed by atoms with Gasteiger partial charge < -0.3 is 10.0 Å². The number of aryl methyl sites for hydroxylation is 1. The first-order chi connectivity index (χ1) is 19.1. The highest BCUT2D eigenvalue weighted by atomic mass is 19.4. The third kappa shape index (κ3) is 5.94. The zero-order valence-electron chi connectivity index (χ0n) is 21.8. The molecule has 1 saturated heterocycles. The van der Waals surface area contributed by atoms with Crippen LogP contribution in [-0.2, 0) is 19.0 Å². The van der Waals surface area contributed by atoms with Gasteiger partial charge in [0.05, 0.1) is 29.7 Å². The van der Waals surface area contributed by atoms with Crippen molar-refractivity contribution >= 4 is 17.1 Å². The zero-order chi connectivity index (χ0) is 28.4. The van der Waals surface area contributed by atoms with E-state index in [1.165, 1.54) is 6.07 Å². The van der Waals surface area contributed by atoms with Crippen molar-refractivity contribution < 1.29 is 31.9 Å². The smallest absolute Gasteiger partial charge is 0.418 e. The molecule has 0 unspecified atom stereocenters. The molecule has 0 radical (unpaired) electrons. The molecule has 1 aliphatic carbocycles. The molecular formula is C31H29F5N2O2. The number of carbonyl (C=O) groups is 1. The van der Waals surface area contributed by atoms with E-state index < -0.39 is 23.5 Å². The normalized spacial score (nSPS) is 16.4. The van der Waals surface area contributed by atoms with Crippen LogP contribution < -0.4 is 0 Å². The highest BCUT2D eigenvalue weighted by Gasteiger charge is 2.37. The molecule has 0 bridgehead atoms. The van der Waals surface area contributed by atoms with Gasteiger partial charge in [0.2, 0.25) is 0 Å². The molecule has 1 N–H and O–H groups in total. The Morgan fingerprint density at radius 2 is 1.80 bits per heavy atom. The molecular weight excluding hydrogens is 527 g/mol. The molecule has 2 aromatic carbocycles. The number of hydrogen-bond acceptors (Lipinski definition) is 3. The third-order valence-electron chi connectivity index (χ3n) is 7.65. The Balaban J connectivity index is 1.57. The average molecular weight is 557 g/mol. The molecule has 4 nitrogen and oxygen atoms in total. The lowest BCUT2D eigenvalue weighted by Gasteiger charge is -2.39. The van der Waals surface area contributed by atoms with Gasteiger partial charge in [-0.3, -0.25) is 9.37 Å². The fourth-order valence-corrected chi connectivity index (χ4v) is 5.80. The predicted octanol–water partition coefficient (Wildman–Crippen LogP) is 7.07. The molecule has 40 heavy (non-hydrogen) atoms. The van der Waals surface area contributed by atoms with Crippen LogP contribution in [0.5, 0.6) is 0 Å². The zero-order valence-corrected chi connectivity index (χ0v) is 21.8. The van der Waals surface area contributed by atoms with Crippen molar-refractivity contribution in [1.82, 2.24) is 9.88 Å². The summed E-state index contributed by atoms with van der Waals surface area (Å²) in [5, 5.41) is 9.51. The molecule has 0 atom stereocenters. The van der Waals surface area contributed by atoms with Crippen LogP contribution in [0.1, 0.15) is 63.1 Å². The Hall–Kier alpha value is -3.59. The number of likely N-dealkylation sites (tertiary alicyclic amines) is 1. The van der Waals surface area contributed by atoms with E-state index in [1.807, 2.05) is 24.3 Å². The Morgan fingerprint density at radius 1 is 1.05 bits per heavy atom. The number of halogens is 5. The molecule has 1 fully saturated rings. The van der Waals surface area contributed by atoms with Gasteiger partial charge in [-0.15, -0.1) is 0 Å². The van der Waals surface area contributed by atoms with E-state index >= 15 is 0 Å². The highest BCUT2D eigenvalue weighted by molar-refractivity contribution is 6.00. The molecule has 210 valence electrons. The molecule has 0 saturated carbocycles. The maximum Gasteiger partial charge on any atom is 0.418 e. The summed E-state index contributed by atoms with van der Waals surface area (Å²) >= 11 is 0. The van der Waals surface area contributed by atoms with Gasteiger partial charge in [-0.25, -0.2) is 9.18 Å². The number of fused-ring (bicyclic) bond motifs is 1. The van der Waals surface area contributed by atoms with Crippen LogP contribution >= 0.6 is 0 Å². The van der Waals surface area contributed by atoms with Gasteiger partial charge in [0.25, 0.3) is 0 Å². The standard InChI is InChI=1S/C31H29F5N2O2/c32-11-2-12-38-17-20(18-38)13-19-5-7-21(8-6-19)28-25-10-9-23(30(39)40)14-22(25)3-1-4-26(28)29-27(31(34,35)36)15-24(33)16-37-29/h5-10,14-16,20H,1-4,11-13,17-18H2,(H,39,40). The summed E-state index contributed by atoms with van der Waals surface area (Å²) < 4.78 is 68.5. The lowest BCUT2D eigenvalue weighted by molar-refractivity contribution is -0.138. The Labute approximate surface area is 229 Å². The van der Waals surface area contributed by atoms with Crippen LogP contribution in [0.4, 0.5) is 22.0 Å². The number of alkyl halides is 4. The summed E-state index contributed by atoms with van der Waals surface area (Å²) in [5.41, 5.74) is 2.70. The van der Waals surface area contributed by atoms with E-state index in [-0.39, 0.29) is 24.4 Å². The number of aromatic nitrogens is 1. The largest absolute Gasteiger partial charge is 0.478 e. The minimum Gasteiger partial charge on any atom is -0.478 e. The molecule has 0 amide bonds. The first kappa shape index (κ1) is 28.0. The van der Waals surface area contributed by atoms with Crippen molar-refractivity contribution in [2.45, 2.75) is 38.3 Å². The van der Waals surface area contributed by atoms with E-state index in [9.17, 15) is 31.9 Å². The quantitative estimate of drug-likeness (QED) is 0.302. The molecule has 1 aliphatic heterocycles. The second-order valence-electron chi connectivity index (χ2n) is 10.5. The number of aromatic carboxylic acids is 1. The second kappa shape index (κ2) is 11.5. The van der Waals surface area contributed by atoms with Gasteiger partial charge in [0.1, 0.15) is 5.82 Å². The number of pyridine rings is 1. The third-order valence-corrected chi connectivity index (χ3v) is 7.65. The number of benzene rings is 2. The second-order valence-corrected chi connectivity index (χ2v) is 10.5. The summed E-state index contributed by atoms with van der Waals surface area (Å²) in [6.07, 6.45) is -1.42. The topological polar surface area (TPSA) is 53.4 Å². The number of hydrogen-bond donors (Lipinski definition) is 1. The molecule has 1 aromatic heterocycles.